The molecular formula is C13H10N4O3. The van der Waals surface area contributed by atoms with Crippen LogP contribution in [0.5, 0.6) is 11.6 Å². The molecule has 100 valence electrons. The maximum atomic E-state index is 11.1. The second-order valence-electron chi connectivity index (χ2n) is 3.98. The molecule has 0 saturated carbocycles. The third kappa shape index (κ3) is 2.40. The van der Waals surface area contributed by atoms with E-state index in [0.29, 0.717) is 11.3 Å². The summed E-state index contributed by atoms with van der Waals surface area (Å²) in [6, 6.07) is 3.28. The summed E-state index contributed by atoms with van der Waals surface area (Å²) in [6.45, 7) is 3.44. The van der Waals surface area contributed by atoms with Gasteiger partial charge in [-0.1, -0.05) is 0 Å². The van der Waals surface area contributed by atoms with E-state index in [0.717, 1.165) is 0 Å². The van der Waals surface area contributed by atoms with Gasteiger partial charge < -0.3 is 9.84 Å². The SMILES string of the molecule is Cc1nnc(Oc2cnccc2C(=O)O)c(C#N)c1C. The van der Waals surface area contributed by atoms with Crippen molar-refractivity contribution in [1.29, 1.82) is 5.26 Å². The lowest BCUT2D eigenvalue weighted by atomic mass is 10.1. The normalized spacial score (nSPS) is 9.85. The third-order valence-electron chi connectivity index (χ3n) is 2.76. The highest BCUT2D eigenvalue weighted by molar-refractivity contribution is 5.90. The number of rotatable bonds is 3. The minimum atomic E-state index is -1.15. The van der Waals surface area contributed by atoms with Gasteiger partial charge in [0.15, 0.2) is 5.75 Å². The van der Waals surface area contributed by atoms with Gasteiger partial charge in [0.2, 0.25) is 0 Å². The van der Waals surface area contributed by atoms with Gasteiger partial charge in [-0.2, -0.15) is 10.4 Å². The number of hydrogen-bond acceptors (Lipinski definition) is 6. The van der Waals surface area contributed by atoms with Crippen LogP contribution in [0.25, 0.3) is 0 Å². The number of aryl methyl sites for hydroxylation is 1. The molecule has 0 aliphatic rings. The fourth-order valence-electron chi connectivity index (χ4n) is 1.53. The molecule has 2 heterocycles. The molecule has 0 atom stereocenters. The number of nitrogens with zero attached hydrogens (tertiary/aromatic N) is 4. The number of hydrogen-bond donors (Lipinski definition) is 1. The number of aromatic carboxylic acids is 1. The molecule has 0 fully saturated rings. The second-order valence-corrected chi connectivity index (χ2v) is 3.98. The van der Waals surface area contributed by atoms with Gasteiger partial charge in [0.1, 0.15) is 17.2 Å². The average Bonchev–Trinajstić information content (AvgIpc) is 2.43. The van der Waals surface area contributed by atoms with E-state index in [1.54, 1.807) is 13.8 Å². The molecule has 0 aliphatic carbocycles. The van der Waals surface area contributed by atoms with E-state index < -0.39 is 5.97 Å². The van der Waals surface area contributed by atoms with Crippen LogP contribution in [0.4, 0.5) is 0 Å². The topological polar surface area (TPSA) is 109 Å². The van der Waals surface area contributed by atoms with Crippen molar-refractivity contribution in [3.63, 3.8) is 0 Å². The summed E-state index contributed by atoms with van der Waals surface area (Å²) in [4.78, 5) is 14.9. The van der Waals surface area contributed by atoms with Crippen molar-refractivity contribution in [2.24, 2.45) is 0 Å². The molecule has 2 rings (SSSR count). The van der Waals surface area contributed by atoms with Crippen molar-refractivity contribution in [3.8, 4) is 17.7 Å². The first kappa shape index (κ1) is 13.4. The van der Waals surface area contributed by atoms with Gasteiger partial charge in [-0.05, 0) is 25.5 Å². The Labute approximate surface area is 114 Å². The van der Waals surface area contributed by atoms with Gasteiger partial charge in [0, 0.05) is 6.20 Å². The van der Waals surface area contributed by atoms with E-state index in [9.17, 15) is 4.79 Å². The third-order valence-corrected chi connectivity index (χ3v) is 2.76. The summed E-state index contributed by atoms with van der Waals surface area (Å²) in [6.07, 6.45) is 2.59. The quantitative estimate of drug-likeness (QED) is 0.906. The molecule has 0 unspecified atom stereocenters. The maximum absolute atomic E-state index is 11.1. The van der Waals surface area contributed by atoms with Crippen LogP contribution >= 0.6 is 0 Å². The fraction of sp³-hybridized carbons (Fsp3) is 0.154. The number of aromatic nitrogens is 3. The first-order chi connectivity index (χ1) is 9.54. The Balaban J connectivity index is 2.49. The molecular weight excluding hydrogens is 260 g/mol. The molecule has 0 aliphatic heterocycles. The van der Waals surface area contributed by atoms with Gasteiger partial charge in [-0.3, -0.25) is 4.98 Å². The Kier molecular flexibility index (Phi) is 3.57. The highest BCUT2D eigenvalue weighted by Crippen LogP contribution is 2.27. The smallest absolute Gasteiger partial charge is 0.339 e. The molecule has 0 saturated heterocycles. The molecule has 2 aromatic rings. The van der Waals surface area contributed by atoms with Gasteiger partial charge >= 0.3 is 5.97 Å². The van der Waals surface area contributed by atoms with Crippen molar-refractivity contribution in [1.82, 2.24) is 15.2 Å². The summed E-state index contributed by atoms with van der Waals surface area (Å²) in [5.74, 6) is -1.18. The number of pyridine rings is 1. The van der Waals surface area contributed by atoms with Crippen molar-refractivity contribution in [2.45, 2.75) is 13.8 Å². The molecule has 0 aromatic carbocycles. The fourth-order valence-corrected chi connectivity index (χ4v) is 1.53. The summed E-state index contributed by atoms with van der Waals surface area (Å²) in [5.41, 5.74) is 1.40. The zero-order valence-corrected chi connectivity index (χ0v) is 10.8. The van der Waals surface area contributed by atoms with E-state index in [1.165, 1.54) is 18.5 Å². The Morgan fingerprint density at radius 2 is 2.15 bits per heavy atom. The standard InChI is InChI=1S/C13H10N4O3/c1-7-8(2)16-17-12(10(7)5-14)20-11-6-15-4-3-9(11)13(18)19/h3-4,6H,1-2H3,(H,18,19). The summed E-state index contributed by atoms with van der Waals surface area (Å²) in [7, 11) is 0. The minimum absolute atomic E-state index is 0.00838. The zero-order chi connectivity index (χ0) is 14.7. The van der Waals surface area contributed by atoms with Gasteiger partial charge in [-0.25, -0.2) is 4.79 Å². The molecule has 1 N–H and O–H groups in total. The van der Waals surface area contributed by atoms with Crippen LogP contribution in [0.1, 0.15) is 27.2 Å². The first-order valence-corrected chi connectivity index (χ1v) is 5.63. The Morgan fingerprint density at radius 1 is 1.40 bits per heavy atom. The van der Waals surface area contributed by atoms with Crippen molar-refractivity contribution in [3.05, 3.63) is 40.8 Å². The molecule has 0 radical (unpaired) electrons. The largest absolute Gasteiger partial charge is 0.478 e. The number of carboxylic acids is 1. The van der Waals surface area contributed by atoms with E-state index in [-0.39, 0.29) is 22.8 Å². The van der Waals surface area contributed by atoms with E-state index in [4.69, 9.17) is 15.1 Å². The molecule has 0 bridgehead atoms. The molecule has 7 nitrogen and oxygen atoms in total. The van der Waals surface area contributed by atoms with Crippen LogP contribution in [0.2, 0.25) is 0 Å². The van der Waals surface area contributed by atoms with Crippen molar-refractivity contribution in [2.75, 3.05) is 0 Å². The summed E-state index contributed by atoms with van der Waals surface area (Å²) in [5, 5.41) is 25.9. The lowest BCUT2D eigenvalue weighted by Crippen LogP contribution is -2.04. The van der Waals surface area contributed by atoms with Gasteiger partial charge in [0.05, 0.1) is 11.9 Å². The number of carbonyl (C=O) groups is 1. The minimum Gasteiger partial charge on any atom is -0.478 e. The molecule has 20 heavy (non-hydrogen) atoms. The Morgan fingerprint density at radius 3 is 2.80 bits per heavy atom. The van der Waals surface area contributed by atoms with Crippen LogP contribution in [-0.4, -0.2) is 26.3 Å². The summed E-state index contributed by atoms with van der Waals surface area (Å²) < 4.78 is 5.39. The number of nitriles is 1. The Bertz CT molecular complexity index is 722. The lowest BCUT2D eigenvalue weighted by Gasteiger charge is -2.09. The molecule has 7 heteroatoms. The van der Waals surface area contributed by atoms with E-state index >= 15 is 0 Å². The molecule has 0 spiro atoms. The summed E-state index contributed by atoms with van der Waals surface area (Å²) >= 11 is 0. The lowest BCUT2D eigenvalue weighted by molar-refractivity contribution is 0.0694. The van der Waals surface area contributed by atoms with Crippen LogP contribution < -0.4 is 4.74 Å². The van der Waals surface area contributed by atoms with Crippen LogP contribution in [-0.2, 0) is 0 Å². The number of carboxylic acid groups (broad SMARTS) is 1. The number of ether oxygens (including phenoxy) is 1. The molecule has 0 amide bonds. The Hall–Kier alpha value is -3.01. The predicted molar refractivity (Wildman–Crippen MR) is 67.5 cm³/mol. The predicted octanol–water partition coefficient (Wildman–Crippen LogP) is 1.85. The van der Waals surface area contributed by atoms with Crippen LogP contribution in [0, 0.1) is 25.2 Å². The average molecular weight is 270 g/mol. The maximum Gasteiger partial charge on any atom is 0.339 e. The van der Waals surface area contributed by atoms with Crippen molar-refractivity contribution < 1.29 is 14.6 Å². The zero-order valence-electron chi connectivity index (χ0n) is 10.8. The van der Waals surface area contributed by atoms with Gasteiger partial charge in [0.25, 0.3) is 5.88 Å². The van der Waals surface area contributed by atoms with Crippen molar-refractivity contribution >= 4 is 5.97 Å². The highest BCUT2D eigenvalue weighted by Gasteiger charge is 2.17. The van der Waals surface area contributed by atoms with E-state index in [2.05, 4.69) is 15.2 Å². The van der Waals surface area contributed by atoms with Crippen LogP contribution in [0.15, 0.2) is 18.5 Å². The first-order valence-electron chi connectivity index (χ1n) is 5.63. The highest BCUT2D eigenvalue weighted by atomic mass is 16.5. The molecule has 2 aromatic heterocycles. The van der Waals surface area contributed by atoms with Gasteiger partial charge in [-0.15, -0.1) is 5.10 Å². The van der Waals surface area contributed by atoms with E-state index in [1.807, 2.05) is 6.07 Å². The monoisotopic (exact) mass is 270 g/mol. The second kappa shape index (κ2) is 5.32. The van der Waals surface area contributed by atoms with Crippen LogP contribution in [0.3, 0.4) is 0 Å².